The first-order valence-corrected chi connectivity index (χ1v) is 9.67. The summed E-state index contributed by atoms with van der Waals surface area (Å²) in [5, 5.41) is 0. The Balaban J connectivity index is 1.35. The molecule has 1 aliphatic heterocycles. The minimum absolute atomic E-state index is 0.161. The molecule has 2 aromatic rings. The van der Waals surface area contributed by atoms with E-state index in [1.807, 2.05) is 6.07 Å². The Morgan fingerprint density at radius 3 is 2.78 bits per heavy atom. The van der Waals surface area contributed by atoms with Gasteiger partial charge in [-0.05, 0) is 44.4 Å². The zero-order chi connectivity index (χ0) is 18.9. The lowest BCUT2D eigenvalue weighted by molar-refractivity contribution is -0.136. The summed E-state index contributed by atoms with van der Waals surface area (Å²) in [5.74, 6) is 1.56. The Morgan fingerprint density at radius 2 is 2.07 bits per heavy atom. The average Bonchev–Trinajstić information content (AvgIpc) is 3.27. The van der Waals surface area contributed by atoms with Crippen molar-refractivity contribution in [2.75, 3.05) is 25.9 Å². The number of carbonyl (C=O) groups is 1. The smallest absolute Gasteiger partial charge is 0.229 e. The van der Waals surface area contributed by atoms with Gasteiger partial charge in [-0.2, -0.15) is 0 Å². The van der Waals surface area contributed by atoms with Gasteiger partial charge in [0, 0.05) is 25.3 Å². The Kier molecular flexibility index (Phi) is 4.83. The number of rotatable bonds is 6. The molecule has 2 aliphatic rings. The third-order valence-corrected chi connectivity index (χ3v) is 5.88. The molecule has 2 N–H and O–H groups in total. The van der Waals surface area contributed by atoms with Crippen LogP contribution in [0, 0.1) is 5.41 Å². The molecule has 1 amide bonds. The van der Waals surface area contributed by atoms with Crippen molar-refractivity contribution < 1.29 is 4.79 Å². The lowest BCUT2D eigenvalue weighted by Gasteiger charge is -2.26. The number of nitrogens with two attached hydrogens (primary N) is 1. The molecule has 1 saturated heterocycles. The van der Waals surface area contributed by atoms with Gasteiger partial charge in [-0.3, -0.25) is 9.69 Å². The van der Waals surface area contributed by atoms with Crippen molar-refractivity contribution >= 4 is 11.7 Å². The Morgan fingerprint density at radius 1 is 1.30 bits per heavy atom. The van der Waals surface area contributed by atoms with E-state index in [4.69, 9.17) is 5.73 Å². The van der Waals surface area contributed by atoms with E-state index in [2.05, 4.69) is 51.1 Å². The van der Waals surface area contributed by atoms with Crippen molar-refractivity contribution in [1.82, 2.24) is 19.8 Å². The maximum Gasteiger partial charge on any atom is 0.229 e. The minimum Gasteiger partial charge on any atom is -0.384 e. The third kappa shape index (κ3) is 3.95. The minimum atomic E-state index is -0.161. The van der Waals surface area contributed by atoms with Gasteiger partial charge < -0.3 is 10.6 Å². The first-order chi connectivity index (χ1) is 13.1. The molecule has 142 valence electrons. The van der Waals surface area contributed by atoms with Gasteiger partial charge in [0.1, 0.15) is 11.6 Å². The van der Waals surface area contributed by atoms with Crippen molar-refractivity contribution in [2.24, 2.45) is 5.41 Å². The highest BCUT2D eigenvalue weighted by molar-refractivity contribution is 5.86. The molecule has 6 nitrogen and oxygen atoms in total. The Hall–Kier alpha value is -2.47. The highest BCUT2D eigenvalue weighted by Crippen LogP contribution is 2.50. The summed E-state index contributed by atoms with van der Waals surface area (Å²) in [6.45, 7) is 2.27. The highest BCUT2D eigenvalue weighted by Gasteiger charge is 2.52. The van der Waals surface area contributed by atoms with E-state index in [0.717, 1.165) is 44.6 Å². The van der Waals surface area contributed by atoms with Gasteiger partial charge in [-0.1, -0.05) is 30.3 Å². The topological polar surface area (TPSA) is 75.4 Å². The van der Waals surface area contributed by atoms with Gasteiger partial charge in [0.15, 0.2) is 0 Å². The third-order valence-electron chi connectivity index (χ3n) is 5.88. The fourth-order valence-corrected chi connectivity index (χ4v) is 4.07. The summed E-state index contributed by atoms with van der Waals surface area (Å²) in [4.78, 5) is 26.0. The van der Waals surface area contributed by atoms with Gasteiger partial charge in [0.25, 0.3) is 0 Å². The molecule has 0 bridgehead atoms. The van der Waals surface area contributed by atoms with Crippen molar-refractivity contribution in [3.05, 3.63) is 54.0 Å². The number of aromatic nitrogens is 2. The molecule has 1 atom stereocenters. The molecule has 27 heavy (non-hydrogen) atoms. The molecule has 2 fully saturated rings. The summed E-state index contributed by atoms with van der Waals surface area (Å²) in [6, 6.07) is 12.4. The van der Waals surface area contributed by atoms with Crippen LogP contribution in [-0.2, 0) is 17.8 Å². The van der Waals surface area contributed by atoms with E-state index in [1.54, 1.807) is 12.3 Å². The summed E-state index contributed by atoms with van der Waals surface area (Å²) >= 11 is 0. The van der Waals surface area contributed by atoms with Crippen LogP contribution in [0.5, 0.6) is 0 Å². The van der Waals surface area contributed by atoms with Crippen molar-refractivity contribution in [2.45, 2.75) is 38.3 Å². The van der Waals surface area contributed by atoms with Gasteiger partial charge in [-0.25, -0.2) is 9.97 Å². The van der Waals surface area contributed by atoms with E-state index in [9.17, 15) is 4.79 Å². The normalized spacial score (nSPS) is 20.8. The predicted octanol–water partition coefficient (Wildman–Crippen LogP) is 2.11. The van der Waals surface area contributed by atoms with Gasteiger partial charge in [0.05, 0.1) is 12.0 Å². The van der Waals surface area contributed by atoms with Crippen LogP contribution in [0.2, 0.25) is 0 Å². The fraction of sp³-hybridized carbons (Fsp3) is 0.476. The second-order valence-corrected chi connectivity index (χ2v) is 7.95. The van der Waals surface area contributed by atoms with Crippen LogP contribution in [0.1, 0.15) is 30.7 Å². The van der Waals surface area contributed by atoms with Gasteiger partial charge in [0.2, 0.25) is 5.91 Å². The number of nitrogen functional groups attached to an aromatic ring is 1. The molecular weight excluding hydrogens is 338 g/mol. The average molecular weight is 365 g/mol. The second-order valence-electron chi connectivity index (χ2n) is 7.95. The van der Waals surface area contributed by atoms with Crippen LogP contribution in [0.25, 0.3) is 0 Å². The van der Waals surface area contributed by atoms with Crippen LogP contribution in [0.4, 0.5) is 5.82 Å². The number of benzene rings is 1. The van der Waals surface area contributed by atoms with Crippen LogP contribution >= 0.6 is 0 Å². The first kappa shape index (κ1) is 17.9. The first-order valence-electron chi connectivity index (χ1n) is 9.67. The van der Waals surface area contributed by atoms with E-state index in [0.29, 0.717) is 24.3 Å². The van der Waals surface area contributed by atoms with Crippen molar-refractivity contribution in [3.63, 3.8) is 0 Å². The van der Waals surface area contributed by atoms with Crippen LogP contribution in [0.15, 0.2) is 42.6 Å². The quantitative estimate of drug-likeness (QED) is 0.849. The maximum atomic E-state index is 13.2. The monoisotopic (exact) mass is 365 g/mol. The Labute approximate surface area is 160 Å². The number of hydrogen-bond acceptors (Lipinski definition) is 5. The van der Waals surface area contributed by atoms with Gasteiger partial charge in [-0.15, -0.1) is 0 Å². The SMILES string of the molecule is CN(Cc1nccc(N)n1)C1CCN(C(=O)C2(Cc3ccccc3)CC2)C1. The zero-order valence-electron chi connectivity index (χ0n) is 15.8. The lowest BCUT2D eigenvalue weighted by Crippen LogP contribution is -2.40. The number of anilines is 1. The number of amides is 1. The van der Waals surface area contributed by atoms with Crippen LogP contribution in [-0.4, -0.2) is 51.9 Å². The molecule has 2 heterocycles. The molecule has 1 saturated carbocycles. The summed E-state index contributed by atoms with van der Waals surface area (Å²) in [6.07, 6.45) is 5.56. The molecule has 1 aliphatic carbocycles. The molecule has 6 heteroatoms. The Bertz CT molecular complexity index is 805. The molecule has 1 aromatic carbocycles. The molecule has 1 aromatic heterocycles. The lowest BCUT2D eigenvalue weighted by atomic mass is 9.95. The van der Waals surface area contributed by atoms with Crippen molar-refractivity contribution in [1.29, 1.82) is 0 Å². The second kappa shape index (κ2) is 7.27. The fourth-order valence-electron chi connectivity index (χ4n) is 4.07. The summed E-state index contributed by atoms with van der Waals surface area (Å²) < 4.78 is 0. The number of hydrogen-bond donors (Lipinski definition) is 1. The number of likely N-dealkylation sites (N-methyl/N-ethyl adjacent to an activating group) is 1. The summed E-state index contributed by atoms with van der Waals surface area (Å²) in [7, 11) is 2.07. The number of likely N-dealkylation sites (tertiary alicyclic amines) is 1. The van der Waals surface area contributed by atoms with Crippen LogP contribution in [0.3, 0.4) is 0 Å². The van der Waals surface area contributed by atoms with Crippen molar-refractivity contribution in [3.8, 4) is 0 Å². The molecular formula is C21H27N5O. The van der Waals surface area contributed by atoms with E-state index < -0.39 is 0 Å². The molecule has 0 spiro atoms. The molecule has 1 unspecified atom stereocenters. The summed E-state index contributed by atoms with van der Waals surface area (Å²) in [5.41, 5.74) is 6.84. The molecule has 4 rings (SSSR count). The van der Waals surface area contributed by atoms with E-state index in [-0.39, 0.29) is 5.41 Å². The largest absolute Gasteiger partial charge is 0.384 e. The standard InChI is InChI=1S/C21H27N5O/c1-25(15-19-23-11-7-18(22)24-19)17-8-12-26(14-17)20(27)21(9-10-21)13-16-5-3-2-4-6-16/h2-7,11,17H,8-10,12-15H2,1H3,(H2,22,23,24). The zero-order valence-corrected chi connectivity index (χ0v) is 15.8. The van der Waals surface area contributed by atoms with E-state index >= 15 is 0 Å². The van der Waals surface area contributed by atoms with E-state index in [1.165, 1.54) is 5.56 Å². The highest BCUT2D eigenvalue weighted by atomic mass is 16.2. The maximum absolute atomic E-state index is 13.2. The number of nitrogens with zero attached hydrogens (tertiary/aromatic N) is 4. The van der Waals surface area contributed by atoms with Gasteiger partial charge >= 0.3 is 0 Å². The predicted molar refractivity (Wildman–Crippen MR) is 105 cm³/mol. The molecule has 0 radical (unpaired) electrons. The number of carbonyl (C=O) groups excluding carboxylic acids is 1. The van der Waals surface area contributed by atoms with Crippen LogP contribution < -0.4 is 5.73 Å².